The average Bonchev–Trinajstić information content (AvgIpc) is 2.19. The second kappa shape index (κ2) is 5.52. The van der Waals surface area contributed by atoms with Crippen molar-refractivity contribution in [2.24, 2.45) is 0 Å². The molecule has 2 nitrogen and oxygen atoms in total. The standard InChI is InChI=1S/C10H11ClF3NO/c11-8-4-2-1-3-7(8)5-15-6-9(16)10(12,13)14/h1-4,9,15-16H,5-6H2/t9-/m1/s1. The number of hydrogen-bond acceptors (Lipinski definition) is 2. The maximum atomic E-state index is 11.9. The van der Waals surface area contributed by atoms with Gasteiger partial charge in [-0.15, -0.1) is 0 Å². The number of alkyl halides is 3. The molecule has 0 aliphatic rings. The van der Waals surface area contributed by atoms with Crippen molar-refractivity contribution < 1.29 is 18.3 Å². The average molecular weight is 254 g/mol. The molecule has 1 aromatic rings. The molecule has 0 fully saturated rings. The summed E-state index contributed by atoms with van der Waals surface area (Å²) in [5, 5.41) is 11.7. The van der Waals surface area contributed by atoms with Crippen molar-refractivity contribution >= 4 is 11.6 Å². The van der Waals surface area contributed by atoms with Gasteiger partial charge in [0.25, 0.3) is 0 Å². The molecule has 0 amide bonds. The molecule has 16 heavy (non-hydrogen) atoms. The minimum absolute atomic E-state index is 0.187. The molecule has 1 rings (SSSR count). The van der Waals surface area contributed by atoms with Crippen LogP contribution in [0.2, 0.25) is 5.02 Å². The van der Waals surface area contributed by atoms with Crippen LogP contribution in [0.1, 0.15) is 5.56 Å². The Labute approximate surface area is 96.0 Å². The Morgan fingerprint density at radius 2 is 1.94 bits per heavy atom. The Balaban J connectivity index is 2.40. The fraction of sp³-hybridized carbons (Fsp3) is 0.400. The van der Waals surface area contributed by atoms with Crippen molar-refractivity contribution in [1.82, 2.24) is 5.32 Å². The van der Waals surface area contributed by atoms with Crippen LogP contribution in [0.15, 0.2) is 24.3 Å². The molecule has 0 aliphatic carbocycles. The maximum absolute atomic E-state index is 11.9. The molecule has 1 aromatic carbocycles. The molecule has 6 heteroatoms. The van der Waals surface area contributed by atoms with Crippen LogP contribution in [-0.4, -0.2) is 23.9 Å². The van der Waals surface area contributed by atoms with Crippen molar-refractivity contribution in [2.45, 2.75) is 18.8 Å². The molecule has 0 aliphatic heterocycles. The first-order chi connectivity index (χ1) is 7.41. The van der Waals surface area contributed by atoms with E-state index < -0.39 is 18.8 Å². The minimum Gasteiger partial charge on any atom is -0.382 e. The normalized spacial score (nSPS) is 13.8. The van der Waals surface area contributed by atoms with E-state index in [1.54, 1.807) is 24.3 Å². The van der Waals surface area contributed by atoms with E-state index >= 15 is 0 Å². The largest absolute Gasteiger partial charge is 0.415 e. The number of benzene rings is 1. The highest BCUT2D eigenvalue weighted by atomic mass is 35.5. The van der Waals surface area contributed by atoms with E-state index in [4.69, 9.17) is 16.7 Å². The van der Waals surface area contributed by atoms with Gasteiger partial charge in [-0.1, -0.05) is 29.8 Å². The fourth-order valence-corrected chi connectivity index (χ4v) is 1.30. The smallest absolute Gasteiger partial charge is 0.382 e. The predicted molar refractivity (Wildman–Crippen MR) is 55.2 cm³/mol. The lowest BCUT2D eigenvalue weighted by Crippen LogP contribution is -2.38. The molecule has 90 valence electrons. The molecule has 0 unspecified atom stereocenters. The van der Waals surface area contributed by atoms with Gasteiger partial charge in [-0.25, -0.2) is 0 Å². The third-order valence-corrected chi connectivity index (χ3v) is 2.36. The second-order valence-corrected chi connectivity index (χ2v) is 3.69. The first kappa shape index (κ1) is 13.3. The van der Waals surface area contributed by atoms with Crippen LogP contribution in [-0.2, 0) is 6.54 Å². The Hall–Kier alpha value is -0.780. The van der Waals surface area contributed by atoms with Gasteiger partial charge in [-0.2, -0.15) is 13.2 Å². The van der Waals surface area contributed by atoms with Crippen molar-refractivity contribution in [3.8, 4) is 0 Å². The minimum atomic E-state index is -4.59. The third-order valence-electron chi connectivity index (χ3n) is 1.99. The van der Waals surface area contributed by atoms with Gasteiger partial charge in [0.05, 0.1) is 0 Å². The number of aliphatic hydroxyl groups excluding tert-OH is 1. The van der Waals surface area contributed by atoms with Crippen LogP contribution in [0.25, 0.3) is 0 Å². The quantitative estimate of drug-likeness (QED) is 0.863. The summed E-state index contributed by atoms with van der Waals surface area (Å²) < 4.78 is 35.8. The van der Waals surface area contributed by atoms with Crippen LogP contribution in [0.5, 0.6) is 0 Å². The molecule has 0 radical (unpaired) electrons. The van der Waals surface area contributed by atoms with Crippen LogP contribution in [0.3, 0.4) is 0 Å². The summed E-state index contributed by atoms with van der Waals surface area (Å²) in [5.74, 6) is 0. The number of hydrogen-bond donors (Lipinski definition) is 2. The first-order valence-electron chi connectivity index (χ1n) is 4.60. The Morgan fingerprint density at radius 1 is 1.31 bits per heavy atom. The molecule has 0 aromatic heterocycles. The number of halogens is 4. The highest BCUT2D eigenvalue weighted by molar-refractivity contribution is 6.31. The van der Waals surface area contributed by atoms with Gasteiger partial charge < -0.3 is 10.4 Å². The molecule has 1 atom stereocenters. The lowest BCUT2D eigenvalue weighted by Gasteiger charge is -2.15. The zero-order valence-electron chi connectivity index (χ0n) is 8.26. The number of aliphatic hydroxyl groups is 1. The van der Waals surface area contributed by atoms with Gasteiger partial charge >= 0.3 is 6.18 Å². The molecule has 0 saturated heterocycles. The Bertz CT molecular complexity index is 343. The van der Waals surface area contributed by atoms with Crippen LogP contribution < -0.4 is 5.32 Å². The SMILES string of the molecule is O[C@H](CNCc1ccccc1Cl)C(F)(F)F. The first-order valence-corrected chi connectivity index (χ1v) is 4.98. The molecule has 2 N–H and O–H groups in total. The molecule has 0 bridgehead atoms. The van der Waals surface area contributed by atoms with Crippen molar-refractivity contribution in [1.29, 1.82) is 0 Å². The van der Waals surface area contributed by atoms with Gasteiger partial charge in [0.1, 0.15) is 0 Å². The van der Waals surface area contributed by atoms with E-state index in [9.17, 15) is 13.2 Å². The molecular weight excluding hydrogens is 243 g/mol. The summed E-state index contributed by atoms with van der Waals surface area (Å²) in [5.41, 5.74) is 0.693. The van der Waals surface area contributed by atoms with E-state index in [-0.39, 0.29) is 6.54 Å². The summed E-state index contributed by atoms with van der Waals surface area (Å²) in [6.45, 7) is -0.360. The van der Waals surface area contributed by atoms with Crippen LogP contribution in [0, 0.1) is 0 Å². The van der Waals surface area contributed by atoms with Gasteiger partial charge in [0.2, 0.25) is 0 Å². The Kier molecular flexibility index (Phi) is 4.58. The molecule has 0 heterocycles. The van der Waals surface area contributed by atoms with Crippen molar-refractivity contribution in [2.75, 3.05) is 6.54 Å². The van der Waals surface area contributed by atoms with E-state index in [0.717, 1.165) is 0 Å². The second-order valence-electron chi connectivity index (χ2n) is 3.28. The number of rotatable bonds is 4. The summed E-state index contributed by atoms with van der Waals surface area (Å²) >= 11 is 5.80. The zero-order valence-corrected chi connectivity index (χ0v) is 9.02. The lowest BCUT2D eigenvalue weighted by atomic mass is 10.2. The predicted octanol–water partition coefficient (Wildman–Crippen LogP) is 2.35. The molecule has 0 spiro atoms. The Morgan fingerprint density at radius 3 is 2.50 bits per heavy atom. The zero-order chi connectivity index (χ0) is 12.2. The highest BCUT2D eigenvalue weighted by Crippen LogP contribution is 2.19. The third kappa shape index (κ3) is 4.00. The topological polar surface area (TPSA) is 32.3 Å². The number of nitrogens with one attached hydrogen (secondary N) is 1. The van der Waals surface area contributed by atoms with Crippen LogP contribution >= 0.6 is 11.6 Å². The van der Waals surface area contributed by atoms with Gasteiger partial charge in [-0.3, -0.25) is 0 Å². The van der Waals surface area contributed by atoms with Gasteiger partial charge in [0.15, 0.2) is 6.10 Å². The highest BCUT2D eigenvalue weighted by Gasteiger charge is 2.37. The van der Waals surface area contributed by atoms with Gasteiger partial charge in [-0.05, 0) is 11.6 Å². The fourth-order valence-electron chi connectivity index (χ4n) is 1.10. The summed E-state index contributed by atoms with van der Waals surface area (Å²) in [4.78, 5) is 0. The molecule has 0 saturated carbocycles. The van der Waals surface area contributed by atoms with E-state index in [0.29, 0.717) is 10.6 Å². The lowest BCUT2D eigenvalue weighted by molar-refractivity contribution is -0.201. The maximum Gasteiger partial charge on any atom is 0.415 e. The van der Waals surface area contributed by atoms with Gasteiger partial charge in [0, 0.05) is 18.1 Å². The van der Waals surface area contributed by atoms with E-state index in [1.807, 2.05) is 0 Å². The summed E-state index contributed by atoms with van der Waals surface area (Å²) in [7, 11) is 0. The van der Waals surface area contributed by atoms with Crippen LogP contribution in [0.4, 0.5) is 13.2 Å². The summed E-state index contributed by atoms with van der Waals surface area (Å²) in [6, 6.07) is 6.83. The van der Waals surface area contributed by atoms with E-state index in [2.05, 4.69) is 5.32 Å². The monoisotopic (exact) mass is 253 g/mol. The summed E-state index contributed by atoms with van der Waals surface area (Å²) in [6.07, 6.45) is -6.94. The van der Waals surface area contributed by atoms with E-state index in [1.165, 1.54) is 0 Å². The van der Waals surface area contributed by atoms with Crippen molar-refractivity contribution in [3.05, 3.63) is 34.9 Å². The molecular formula is C10H11ClF3NO. The van der Waals surface area contributed by atoms with Crippen molar-refractivity contribution in [3.63, 3.8) is 0 Å².